The first kappa shape index (κ1) is 22.2. The first-order chi connectivity index (χ1) is 14.8. The zero-order chi connectivity index (χ0) is 22.0. The second-order valence-electron chi connectivity index (χ2n) is 6.66. The third-order valence-corrected chi connectivity index (χ3v) is 8.04. The van der Waals surface area contributed by atoms with Gasteiger partial charge in [-0.2, -0.15) is 4.31 Å². The summed E-state index contributed by atoms with van der Waals surface area (Å²) in [6.07, 6.45) is 0. The Kier molecular flexibility index (Phi) is 6.61. The van der Waals surface area contributed by atoms with Crippen molar-refractivity contribution in [2.45, 2.75) is 4.90 Å². The summed E-state index contributed by atoms with van der Waals surface area (Å²) in [5.74, 6) is -0.480. The minimum absolute atomic E-state index is 0.0577. The molecule has 0 unspecified atom stereocenters. The van der Waals surface area contributed by atoms with Crippen LogP contribution in [0.3, 0.4) is 0 Å². The van der Waals surface area contributed by atoms with Gasteiger partial charge in [-0.25, -0.2) is 13.4 Å². The Balaban J connectivity index is 1.54. The molecule has 0 bridgehead atoms. The average Bonchev–Trinajstić information content (AvgIpc) is 3.23. The predicted molar refractivity (Wildman–Crippen MR) is 122 cm³/mol. The van der Waals surface area contributed by atoms with Crippen LogP contribution in [0.25, 0.3) is 11.3 Å². The van der Waals surface area contributed by atoms with E-state index in [9.17, 15) is 13.2 Å². The monoisotopic (exact) mass is 497 g/mol. The lowest BCUT2D eigenvalue weighted by atomic mass is 10.2. The molecule has 0 aliphatic carbocycles. The minimum atomic E-state index is -3.84. The van der Waals surface area contributed by atoms with Crippen molar-refractivity contribution in [1.29, 1.82) is 0 Å². The van der Waals surface area contributed by atoms with Gasteiger partial charge in [0, 0.05) is 34.6 Å². The second kappa shape index (κ2) is 9.23. The molecule has 2 aromatic carbocycles. The number of hydrogen-bond acceptors (Lipinski definition) is 6. The number of amides is 1. The molecule has 1 fully saturated rings. The summed E-state index contributed by atoms with van der Waals surface area (Å²) in [5.41, 5.74) is 1.73. The molecular formula is C20H17Cl2N3O4S2. The van der Waals surface area contributed by atoms with Crippen molar-refractivity contribution in [2.75, 3.05) is 31.6 Å². The van der Waals surface area contributed by atoms with Crippen molar-refractivity contribution in [2.24, 2.45) is 0 Å². The Hall–Kier alpha value is -2.01. The van der Waals surface area contributed by atoms with Crippen LogP contribution < -0.4 is 5.32 Å². The molecule has 1 aliphatic heterocycles. The largest absolute Gasteiger partial charge is 0.379 e. The van der Waals surface area contributed by atoms with Gasteiger partial charge >= 0.3 is 0 Å². The van der Waals surface area contributed by atoms with Gasteiger partial charge in [0.25, 0.3) is 5.91 Å². The fourth-order valence-electron chi connectivity index (χ4n) is 3.02. The van der Waals surface area contributed by atoms with Crippen LogP contribution in [0.2, 0.25) is 10.0 Å². The van der Waals surface area contributed by atoms with E-state index in [0.717, 1.165) is 5.56 Å². The summed E-state index contributed by atoms with van der Waals surface area (Å²) in [5, 5.41) is 5.59. The third kappa shape index (κ3) is 4.92. The number of morpholine rings is 1. The molecule has 0 atom stereocenters. The maximum absolute atomic E-state index is 13.0. The number of thiazole rings is 1. The van der Waals surface area contributed by atoms with E-state index in [2.05, 4.69) is 10.3 Å². The Bertz CT molecular complexity index is 1210. The van der Waals surface area contributed by atoms with Gasteiger partial charge in [0.2, 0.25) is 10.0 Å². The smallest absolute Gasteiger partial charge is 0.257 e. The van der Waals surface area contributed by atoms with Crippen molar-refractivity contribution < 1.29 is 17.9 Å². The van der Waals surface area contributed by atoms with Gasteiger partial charge in [0.15, 0.2) is 5.13 Å². The molecule has 1 aliphatic rings. The number of sulfonamides is 1. The van der Waals surface area contributed by atoms with Crippen LogP contribution in [-0.2, 0) is 14.8 Å². The number of ether oxygens (including phenoxy) is 1. The highest BCUT2D eigenvalue weighted by Crippen LogP contribution is 2.29. The van der Waals surface area contributed by atoms with Crippen LogP contribution in [0.5, 0.6) is 0 Å². The summed E-state index contributed by atoms with van der Waals surface area (Å²) in [6, 6.07) is 11.4. The average molecular weight is 498 g/mol. The van der Waals surface area contributed by atoms with Crippen LogP contribution in [0.1, 0.15) is 10.4 Å². The molecule has 7 nitrogen and oxygen atoms in total. The van der Waals surface area contributed by atoms with Crippen molar-refractivity contribution in [3.05, 3.63) is 63.5 Å². The highest BCUT2D eigenvalue weighted by atomic mass is 35.5. The molecule has 11 heteroatoms. The Morgan fingerprint density at radius 2 is 1.81 bits per heavy atom. The van der Waals surface area contributed by atoms with E-state index in [0.29, 0.717) is 29.1 Å². The molecular weight excluding hydrogens is 481 g/mol. The molecule has 1 saturated heterocycles. The topological polar surface area (TPSA) is 88.6 Å². The highest BCUT2D eigenvalue weighted by molar-refractivity contribution is 7.89. The van der Waals surface area contributed by atoms with Crippen molar-refractivity contribution in [3.8, 4) is 11.3 Å². The zero-order valence-corrected chi connectivity index (χ0v) is 19.2. The summed E-state index contributed by atoms with van der Waals surface area (Å²) in [6.45, 7) is 1.11. The SMILES string of the molecule is O=C(Nc1nc(-c2ccc(Cl)cc2)cs1)c1ccc(Cl)c(S(=O)(=O)N2CCOCC2)c1. The van der Waals surface area contributed by atoms with Crippen LogP contribution in [-0.4, -0.2) is 49.9 Å². The Labute approximate surface area is 193 Å². The van der Waals surface area contributed by atoms with E-state index in [4.69, 9.17) is 27.9 Å². The zero-order valence-electron chi connectivity index (χ0n) is 16.0. The lowest BCUT2D eigenvalue weighted by Crippen LogP contribution is -2.40. The van der Waals surface area contributed by atoms with E-state index in [1.54, 1.807) is 12.1 Å². The molecule has 0 saturated carbocycles. The van der Waals surface area contributed by atoms with Gasteiger partial charge in [-0.15, -0.1) is 11.3 Å². The maximum Gasteiger partial charge on any atom is 0.257 e. The third-order valence-electron chi connectivity index (χ3n) is 4.65. The molecule has 2 heterocycles. The number of halogens is 2. The van der Waals surface area contributed by atoms with Crippen LogP contribution in [0, 0.1) is 0 Å². The highest BCUT2D eigenvalue weighted by Gasteiger charge is 2.29. The minimum Gasteiger partial charge on any atom is -0.379 e. The number of carbonyl (C=O) groups excluding carboxylic acids is 1. The molecule has 1 aromatic heterocycles. The fraction of sp³-hybridized carbons (Fsp3) is 0.200. The quantitative estimate of drug-likeness (QED) is 0.564. The van der Waals surface area contributed by atoms with Crippen molar-refractivity contribution in [3.63, 3.8) is 0 Å². The lowest BCUT2D eigenvalue weighted by molar-refractivity contribution is 0.0730. The second-order valence-corrected chi connectivity index (χ2v) is 10.3. The maximum atomic E-state index is 13.0. The van der Waals surface area contributed by atoms with Gasteiger partial charge < -0.3 is 4.74 Å². The summed E-state index contributed by atoms with van der Waals surface area (Å²) < 4.78 is 32.4. The van der Waals surface area contributed by atoms with E-state index in [1.165, 1.54) is 33.8 Å². The van der Waals surface area contributed by atoms with Crippen LogP contribution >= 0.6 is 34.5 Å². The predicted octanol–water partition coefficient (Wildman–Crippen LogP) is 4.39. The summed E-state index contributed by atoms with van der Waals surface area (Å²) in [4.78, 5) is 17.0. The number of aromatic nitrogens is 1. The Morgan fingerprint density at radius 1 is 1.10 bits per heavy atom. The first-order valence-electron chi connectivity index (χ1n) is 9.25. The molecule has 31 heavy (non-hydrogen) atoms. The Morgan fingerprint density at radius 3 is 2.52 bits per heavy atom. The van der Waals surface area contributed by atoms with E-state index in [1.807, 2.05) is 17.5 Å². The van der Waals surface area contributed by atoms with E-state index in [-0.39, 0.29) is 28.6 Å². The number of anilines is 1. The van der Waals surface area contributed by atoms with Gasteiger partial charge in [0.05, 0.1) is 23.9 Å². The molecule has 1 N–H and O–H groups in total. The van der Waals surface area contributed by atoms with Crippen molar-refractivity contribution in [1.82, 2.24) is 9.29 Å². The van der Waals surface area contributed by atoms with Crippen molar-refractivity contribution >= 4 is 55.6 Å². The number of hydrogen-bond donors (Lipinski definition) is 1. The lowest BCUT2D eigenvalue weighted by Gasteiger charge is -2.26. The molecule has 0 radical (unpaired) electrons. The number of carbonyl (C=O) groups is 1. The van der Waals surface area contributed by atoms with Gasteiger partial charge in [0.1, 0.15) is 4.90 Å². The normalized spacial score (nSPS) is 15.0. The summed E-state index contributed by atoms with van der Waals surface area (Å²) >= 11 is 13.3. The van der Waals surface area contributed by atoms with Gasteiger partial charge in [-0.1, -0.05) is 35.3 Å². The summed E-state index contributed by atoms with van der Waals surface area (Å²) in [7, 11) is -3.84. The first-order valence-corrected chi connectivity index (χ1v) is 12.3. The standard InChI is InChI=1S/C20H17Cl2N3O4S2/c21-15-4-1-13(2-5-15)17-12-30-20(23-17)24-19(26)14-3-6-16(22)18(11-14)31(27,28)25-7-9-29-10-8-25/h1-6,11-12H,7-10H2,(H,23,24,26). The van der Waals surface area contributed by atoms with Crippen LogP contribution in [0.15, 0.2) is 52.7 Å². The van der Waals surface area contributed by atoms with E-state index >= 15 is 0 Å². The van der Waals surface area contributed by atoms with Gasteiger partial charge in [-0.3, -0.25) is 10.1 Å². The molecule has 162 valence electrons. The number of benzene rings is 2. The fourth-order valence-corrected chi connectivity index (χ4v) is 5.77. The molecule has 0 spiro atoms. The number of rotatable bonds is 5. The number of nitrogens with one attached hydrogen (secondary N) is 1. The molecule has 3 aromatic rings. The van der Waals surface area contributed by atoms with E-state index < -0.39 is 15.9 Å². The molecule has 4 rings (SSSR count). The number of nitrogens with zero attached hydrogens (tertiary/aromatic N) is 2. The van der Waals surface area contributed by atoms with Gasteiger partial charge in [-0.05, 0) is 30.3 Å². The van der Waals surface area contributed by atoms with Crippen LogP contribution in [0.4, 0.5) is 5.13 Å². The molecule has 1 amide bonds.